The first kappa shape index (κ1) is 30.3. The number of aliphatic carboxylic acids is 1. The van der Waals surface area contributed by atoms with Gasteiger partial charge in [-0.1, -0.05) is 6.07 Å². The van der Waals surface area contributed by atoms with Crippen LogP contribution in [0.3, 0.4) is 0 Å². The van der Waals surface area contributed by atoms with E-state index in [2.05, 4.69) is 9.89 Å². The number of carboxylic acid groups (broad SMARTS) is 1. The van der Waals surface area contributed by atoms with Gasteiger partial charge < -0.3 is 19.0 Å². The fraction of sp³-hybridized carbons (Fsp3) is 0.355. The van der Waals surface area contributed by atoms with Gasteiger partial charge in [0.1, 0.15) is 28.0 Å². The lowest BCUT2D eigenvalue weighted by Gasteiger charge is -2.37. The van der Waals surface area contributed by atoms with Gasteiger partial charge in [0.15, 0.2) is 0 Å². The largest absolute Gasteiger partial charge is 0.744 e. The third kappa shape index (κ3) is 5.84. The number of aryl methyl sites for hydroxylation is 2. The number of hydrogen-bond acceptors (Lipinski definition) is 8. The fourth-order valence-electron chi connectivity index (χ4n) is 6.49. The van der Waals surface area contributed by atoms with Crippen LogP contribution in [0.25, 0.3) is 33.4 Å². The van der Waals surface area contributed by atoms with Gasteiger partial charge >= 0.3 is 5.97 Å². The smallest absolute Gasteiger partial charge is 0.303 e. The van der Waals surface area contributed by atoms with Crippen molar-refractivity contribution in [1.82, 2.24) is 0 Å². The molecule has 4 aliphatic rings. The Bertz CT molecular complexity index is 2050. The summed E-state index contributed by atoms with van der Waals surface area (Å²) in [6.45, 7) is 2.47. The van der Waals surface area contributed by atoms with Gasteiger partial charge in [0, 0.05) is 65.3 Å². The molecule has 1 aliphatic carbocycles. The van der Waals surface area contributed by atoms with E-state index in [-0.39, 0.29) is 12.0 Å². The molecule has 0 fully saturated rings. The minimum absolute atomic E-state index is 0.0213. The molecule has 0 spiro atoms. The number of benzene rings is 3. The summed E-state index contributed by atoms with van der Waals surface area (Å²) in [7, 11) is -9.96. The normalized spacial score (nSPS) is 15.6. The first-order valence-electron chi connectivity index (χ1n) is 14.6. The van der Waals surface area contributed by atoms with Gasteiger partial charge in [-0.2, -0.15) is 8.42 Å². The molecule has 0 saturated carbocycles. The molecule has 44 heavy (non-hydrogen) atoms. The van der Waals surface area contributed by atoms with Gasteiger partial charge in [0.25, 0.3) is 10.1 Å². The Labute approximate surface area is 254 Å². The molecule has 3 N–H and O–H groups in total. The lowest BCUT2D eigenvalue weighted by Crippen LogP contribution is -2.76. The summed E-state index contributed by atoms with van der Waals surface area (Å²) in [6, 6.07) is 10.4. The van der Waals surface area contributed by atoms with E-state index in [0.717, 1.165) is 79.9 Å². The quantitative estimate of drug-likeness (QED) is 0.140. The molecule has 2 aromatic rings. The molecule has 0 bridgehead atoms. The van der Waals surface area contributed by atoms with Crippen LogP contribution in [0.4, 0.5) is 5.69 Å². The lowest BCUT2D eigenvalue weighted by atomic mass is 9.86. The van der Waals surface area contributed by atoms with E-state index in [1.54, 1.807) is 12.1 Å². The predicted octanol–water partition coefficient (Wildman–Crippen LogP) is 2.68. The summed E-state index contributed by atoms with van der Waals surface area (Å²) >= 11 is 0. The number of nitrogens with one attached hydrogen (secondary N) is 1. The molecule has 11 nitrogen and oxygen atoms in total. The number of rotatable bonds is 9. The highest BCUT2D eigenvalue weighted by Crippen LogP contribution is 2.48. The SMILES string of the molecule is O=C(O)CCCCC[NH+]=c1ccc2c(-c3ccc(S(=O)(=O)O)cc3S(=O)(=O)[O-])c3cc4c5c(c3oc-2c1)CCCN5CCC4. The van der Waals surface area contributed by atoms with Crippen LogP contribution in [0.5, 0.6) is 0 Å². The second-order valence-corrected chi connectivity index (χ2v) is 14.1. The van der Waals surface area contributed by atoms with Crippen molar-refractivity contribution in [3.05, 3.63) is 58.9 Å². The molecular weight excluding hydrogens is 608 g/mol. The third-order valence-electron chi connectivity index (χ3n) is 8.39. The Balaban J connectivity index is 1.60. The maximum atomic E-state index is 12.6. The fourth-order valence-corrected chi connectivity index (χ4v) is 7.78. The second kappa shape index (κ2) is 11.6. The van der Waals surface area contributed by atoms with Gasteiger partial charge in [-0.3, -0.25) is 9.35 Å². The summed E-state index contributed by atoms with van der Waals surface area (Å²) < 4.78 is 77.7. The Kier molecular flexibility index (Phi) is 7.99. The minimum atomic E-state index is -5.18. The minimum Gasteiger partial charge on any atom is -0.744 e. The van der Waals surface area contributed by atoms with Gasteiger partial charge in [-0.25, -0.2) is 13.4 Å². The Morgan fingerprint density at radius 1 is 0.955 bits per heavy atom. The molecule has 0 aromatic heterocycles. The van der Waals surface area contributed by atoms with Crippen LogP contribution < -0.4 is 15.2 Å². The lowest BCUT2D eigenvalue weighted by molar-refractivity contribution is -0.501. The summed E-state index contributed by atoms with van der Waals surface area (Å²) in [5.74, 6) is -0.373. The van der Waals surface area contributed by atoms with Crippen LogP contribution in [0, 0.1) is 0 Å². The number of hydrogen-bond donors (Lipinski definition) is 3. The summed E-state index contributed by atoms with van der Waals surface area (Å²) in [5.41, 5.74) is 4.83. The maximum absolute atomic E-state index is 12.6. The highest BCUT2D eigenvalue weighted by molar-refractivity contribution is 7.86. The first-order chi connectivity index (χ1) is 20.9. The van der Waals surface area contributed by atoms with Crippen molar-refractivity contribution in [3.8, 4) is 22.5 Å². The molecule has 232 valence electrons. The molecule has 3 heterocycles. The monoisotopic (exact) mass is 640 g/mol. The zero-order valence-corrected chi connectivity index (χ0v) is 25.5. The van der Waals surface area contributed by atoms with Crippen molar-refractivity contribution in [1.29, 1.82) is 0 Å². The molecule has 0 atom stereocenters. The highest BCUT2D eigenvalue weighted by atomic mass is 32.2. The molecule has 13 heteroatoms. The van der Waals surface area contributed by atoms with Crippen LogP contribution in [0.1, 0.15) is 49.7 Å². The van der Waals surface area contributed by atoms with Crippen molar-refractivity contribution in [2.75, 3.05) is 24.5 Å². The number of anilines is 1. The van der Waals surface area contributed by atoms with E-state index < -0.39 is 36.0 Å². The molecular formula is C31H32N2O9S2. The molecule has 0 amide bonds. The highest BCUT2D eigenvalue weighted by Gasteiger charge is 2.30. The van der Waals surface area contributed by atoms with Crippen molar-refractivity contribution in [3.63, 3.8) is 0 Å². The van der Waals surface area contributed by atoms with E-state index in [1.807, 2.05) is 12.1 Å². The van der Waals surface area contributed by atoms with Crippen molar-refractivity contribution < 1.29 is 45.3 Å². The van der Waals surface area contributed by atoms with E-state index in [1.165, 1.54) is 6.07 Å². The van der Waals surface area contributed by atoms with E-state index >= 15 is 0 Å². The van der Waals surface area contributed by atoms with Crippen LogP contribution in [-0.2, 0) is 37.9 Å². The first-order valence-corrected chi connectivity index (χ1v) is 17.4. The summed E-state index contributed by atoms with van der Waals surface area (Å²) in [4.78, 5) is 15.0. The molecule has 0 unspecified atom stereocenters. The van der Waals surface area contributed by atoms with Gasteiger partial charge in [0.2, 0.25) is 5.36 Å². The topological polar surface area (TPSA) is 179 Å². The number of carboxylic acids is 1. The third-order valence-corrected chi connectivity index (χ3v) is 10.1. The second-order valence-electron chi connectivity index (χ2n) is 11.3. The van der Waals surface area contributed by atoms with Crippen LogP contribution >= 0.6 is 0 Å². The molecule has 6 rings (SSSR count). The van der Waals surface area contributed by atoms with Crippen molar-refractivity contribution in [2.45, 2.75) is 61.2 Å². The summed E-state index contributed by atoms with van der Waals surface area (Å²) in [5, 5.41) is 10.2. The Morgan fingerprint density at radius 3 is 2.43 bits per heavy atom. The Morgan fingerprint density at radius 2 is 1.70 bits per heavy atom. The summed E-state index contributed by atoms with van der Waals surface area (Å²) in [6.07, 6.45) is 5.70. The molecule has 0 saturated heterocycles. The van der Waals surface area contributed by atoms with Crippen LogP contribution in [0.2, 0.25) is 0 Å². The Hall–Kier alpha value is -3.78. The van der Waals surface area contributed by atoms with Crippen LogP contribution in [0.15, 0.2) is 56.7 Å². The van der Waals surface area contributed by atoms with E-state index in [9.17, 15) is 30.7 Å². The average molecular weight is 641 g/mol. The van der Waals surface area contributed by atoms with E-state index in [4.69, 9.17) is 9.52 Å². The predicted molar refractivity (Wildman–Crippen MR) is 160 cm³/mol. The number of unbranched alkanes of at least 4 members (excludes halogenated alkanes) is 2. The van der Waals surface area contributed by atoms with Gasteiger partial charge in [-0.15, -0.1) is 0 Å². The van der Waals surface area contributed by atoms with Crippen LogP contribution in [-0.4, -0.2) is 56.7 Å². The van der Waals surface area contributed by atoms with Crippen molar-refractivity contribution >= 4 is 42.9 Å². The number of fused-ring (bicyclic) bond motifs is 3. The van der Waals surface area contributed by atoms with Crippen molar-refractivity contribution in [2.24, 2.45) is 0 Å². The van der Waals surface area contributed by atoms with Gasteiger partial charge in [0.05, 0.1) is 15.9 Å². The molecule has 2 aromatic carbocycles. The average Bonchev–Trinajstić information content (AvgIpc) is 2.97. The maximum Gasteiger partial charge on any atom is 0.303 e. The zero-order valence-electron chi connectivity index (χ0n) is 23.8. The zero-order chi connectivity index (χ0) is 31.2. The number of carbonyl (C=O) groups is 1. The van der Waals surface area contributed by atoms with E-state index in [0.29, 0.717) is 46.9 Å². The van der Waals surface area contributed by atoms with Gasteiger partial charge in [-0.05, 0) is 68.4 Å². The molecule has 0 radical (unpaired) electrons. The standard InChI is InChI=1S/C31H32N2O9S2/c34-28(35)8-2-1-3-13-32-20-9-11-22-26(17-20)42-31-24-7-5-15-33-14-4-6-19(30(24)33)16-25(31)29(22)23-12-10-21(43(36,37)38)18-27(23)44(39,40)41/h9-12,16-18H,1-8,13-15H2,(H,34,35)(H,36,37,38)(H,39,40,41). The number of nitrogens with zero attached hydrogens (tertiary/aromatic N) is 1. The molecule has 3 aliphatic heterocycles.